The summed E-state index contributed by atoms with van der Waals surface area (Å²) in [6, 6.07) is 2.59. The summed E-state index contributed by atoms with van der Waals surface area (Å²) in [5.74, 6) is -1.24. The average molecular weight is 567 g/mol. The zero-order valence-electron chi connectivity index (χ0n) is 24.7. The largest absolute Gasteiger partial charge is 0.428 e. The van der Waals surface area contributed by atoms with Gasteiger partial charge in [-0.05, 0) is 112 Å². The number of halogens is 4. The van der Waals surface area contributed by atoms with Crippen molar-refractivity contribution in [2.45, 2.75) is 141 Å². The number of hydrogen-bond acceptors (Lipinski definition) is 2. The zero-order valence-corrected chi connectivity index (χ0v) is 24.7. The van der Waals surface area contributed by atoms with Gasteiger partial charge in [0.05, 0.1) is 6.10 Å². The predicted molar refractivity (Wildman–Crippen MR) is 153 cm³/mol. The lowest BCUT2D eigenvalue weighted by molar-refractivity contribution is -0.223. The van der Waals surface area contributed by atoms with E-state index in [1.807, 2.05) is 0 Å². The SMILES string of the molecule is CCCCCC1CCC(c2ccc(OC(F)(F)COC3CCC(C4CC=C(CCC)CC4)CC3)c(F)c2F)CC1. The van der Waals surface area contributed by atoms with Gasteiger partial charge in [-0.2, -0.15) is 13.2 Å². The van der Waals surface area contributed by atoms with Gasteiger partial charge in [0.2, 0.25) is 5.82 Å². The van der Waals surface area contributed by atoms with Crippen LogP contribution < -0.4 is 4.74 Å². The summed E-state index contributed by atoms with van der Waals surface area (Å²) in [4.78, 5) is 0. The zero-order chi connectivity index (χ0) is 28.5. The fourth-order valence-electron chi connectivity index (χ4n) is 7.40. The molecular weight excluding hydrogens is 516 g/mol. The van der Waals surface area contributed by atoms with E-state index < -0.39 is 30.1 Å². The summed E-state index contributed by atoms with van der Waals surface area (Å²) >= 11 is 0. The van der Waals surface area contributed by atoms with Gasteiger partial charge in [-0.3, -0.25) is 0 Å². The average Bonchev–Trinajstić information content (AvgIpc) is 2.96. The molecule has 226 valence electrons. The number of ether oxygens (including phenoxy) is 2. The molecule has 3 aliphatic rings. The van der Waals surface area contributed by atoms with Crippen LogP contribution >= 0.6 is 0 Å². The van der Waals surface area contributed by atoms with Gasteiger partial charge in [-0.1, -0.05) is 63.7 Å². The summed E-state index contributed by atoms with van der Waals surface area (Å²) < 4.78 is 69.3. The van der Waals surface area contributed by atoms with Crippen molar-refractivity contribution in [1.29, 1.82) is 0 Å². The molecule has 6 heteroatoms. The fraction of sp³-hybridized carbons (Fsp3) is 0.765. The highest BCUT2D eigenvalue weighted by molar-refractivity contribution is 5.33. The van der Waals surface area contributed by atoms with Gasteiger partial charge in [-0.15, -0.1) is 0 Å². The quantitative estimate of drug-likeness (QED) is 0.134. The smallest absolute Gasteiger partial charge is 0.422 e. The molecule has 2 fully saturated rings. The third-order valence-electron chi connectivity index (χ3n) is 9.83. The lowest BCUT2D eigenvalue weighted by atomic mass is 9.73. The number of hydrogen-bond donors (Lipinski definition) is 0. The Morgan fingerprint density at radius 1 is 0.825 bits per heavy atom. The van der Waals surface area contributed by atoms with Gasteiger partial charge in [0.15, 0.2) is 18.2 Å². The first kappa shape index (κ1) is 31.4. The predicted octanol–water partition coefficient (Wildman–Crippen LogP) is 10.9. The molecule has 40 heavy (non-hydrogen) atoms. The van der Waals surface area contributed by atoms with Crippen LogP contribution in [0.25, 0.3) is 0 Å². The van der Waals surface area contributed by atoms with Crippen LogP contribution in [-0.2, 0) is 4.74 Å². The van der Waals surface area contributed by atoms with Crippen LogP contribution in [-0.4, -0.2) is 18.8 Å². The number of alkyl halides is 2. The van der Waals surface area contributed by atoms with Crippen LogP contribution in [0.15, 0.2) is 23.8 Å². The maximum Gasteiger partial charge on any atom is 0.422 e. The minimum Gasteiger partial charge on any atom is -0.428 e. The molecule has 1 aromatic carbocycles. The molecule has 0 bridgehead atoms. The highest BCUT2D eigenvalue weighted by Gasteiger charge is 2.37. The molecule has 0 N–H and O–H groups in total. The molecule has 3 aliphatic carbocycles. The maximum absolute atomic E-state index is 15.0. The van der Waals surface area contributed by atoms with E-state index in [-0.39, 0.29) is 17.6 Å². The van der Waals surface area contributed by atoms with Crippen LogP contribution in [0.2, 0.25) is 0 Å². The topological polar surface area (TPSA) is 18.5 Å². The number of unbranched alkanes of at least 4 members (excludes halogenated alkanes) is 2. The molecule has 2 saturated carbocycles. The van der Waals surface area contributed by atoms with E-state index in [1.54, 1.807) is 5.57 Å². The van der Waals surface area contributed by atoms with Crippen molar-refractivity contribution in [3.63, 3.8) is 0 Å². The molecule has 4 rings (SSSR count). The van der Waals surface area contributed by atoms with Crippen molar-refractivity contribution in [3.05, 3.63) is 41.0 Å². The van der Waals surface area contributed by atoms with Crippen molar-refractivity contribution >= 4 is 0 Å². The van der Waals surface area contributed by atoms with E-state index in [4.69, 9.17) is 4.74 Å². The molecule has 1 atom stereocenters. The molecule has 1 aromatic rings. The van der Waals surface area contributed by atoms with Crippen LogP contribution in [0.1, 0.15) is 134 Å². The lowest BCUT2D eigenvalue weighted by Gasteiger charge is -2.35. The first-order valence-electron chi connectivity index (χ1n) is 16.1. The summed E-state index contributed by atoms with van der Waals surface area (Å²) in [7, 11) is 0. The van der Waals surface area contributed by atoms with Gasteiger partial charge in [0.25, 0.3) is 0 Å². The van der Waals surface area contributed by atoms with E-state index in [1.165, 1.54) is 57.4 Å². The van der Waals surface area contributed by atoms with Crippen LogP contribution in [0.5, 0.6) is 5.75 Å². The van der Waals surface area contributed by atoms with E-state index in [9.17, 15) is 17.6 Å². The van der Waals surface area contributed by atoms with Gasteiger partial charge in [0, 0.05) is 0 Å². The van der Waals surface area contributed by atoms with Crippen LogP contribution in [0, 0.1) is 29.4 Å². The van der Waals surface area contributed by atoms with E-state index in [2.05, 4.69) is 24.7 Å². The Bertz CT molecular complexity index is 946. The Morgan fingerprint density at radius 3 is 2.23 bits per heavy atom. The number of allylic oxidation sites excluding steroid dienone is 2. The fourth-order valence-corrected chi connectivity index (χ4v) is 7.40. The van der Waals surface area contributed by atoms with Crippen molar-refractivity contribution in [2.75, 3.05) is 6.61 Å². The Labute approximate surface area is 239 Å². The Balaban J connectivity index is 1.22. The van der Waals surface area contributed by atoms with Crippen LogP contribution in [0.4, 0.5) is 17.6 Å². The van der Waals surface area contributed by atoms with Crippen molar-refractivity contribution in [2.24, 2.45) is 17.8 Å². The first-order chi connectivity index (χ1) is 19.3. The Kier molecular flexibility index (Phi) is 11.8. The second-order valence-corrected chi connectivity index (χ2v) is 12.7. The normalized spacial score (nSPS) is 27.9. The Morgan fingerprint density at radius 2 is 1.57 bits per heavy atom. The third kappa shape index (κ3) is 8.72. The third-order valence-corrected chi connectivity index (χ3v) is 9.83. The molecule has 0 spiro atoms. The highest BCUT2D eigenvalue weighted by Crippen LogP contribution is 2.42. The molecule has 0 aromatic heterocycles. The van der Waals surface area contributed by atoms with Gasteiger partial charge < -0.3 is 9.47 Å². The van der Waals surface area contributed by atoms with E-state index in [0.29, 0.717) is 17.8 Å². The van der Waals surface area contributed by atoms with Gasteiger partial charge in [0.1, 0.15) is 0 Å². The molecule has 0 aliphatic heterocycles. The molecule has 1 unspecified atom stereocenters. The summed E-state index contributed by atoms with van der Waals surface area (Å²) in [6.07, 6.45) is 16.3. The second kappa shape index (κ2) is 15.1. The van der Waals surface area contributed by atoms with Crippen LogP contribution in [0.3, 0.4) is 0 Å². The van der Waals surface area contributed by atoms with E-state index in [0.717, 1.165) is 63.9 Å². The Hall–Kier alpha value is -1.56. The minimum atomic E-state index is -3.73. The standard InChI is InChI=1S/C34H50F4O2/c1-3-5-6-8-25-11-15-28(16-12-25)30-21-22-31(33(36)32(30)35)40-34(37,38)23-39-29-19-17-27(18-20-29)26-13-9-24(7-4-2)10-14-26/h9,21-22,25-29H,3-8,10-20,23H2,1-2H3. The maximum atomic E-state index is 15.0. The highest BCUT2D eigenvalue weighted by atomic mass is 19.3. The van der Waals surface area contributed by atoms with Gasteiger partial charge >= 0.3 is 6.11 Å². The molecule has 0 heterocycles. The first-order valence-corrected chi connectivity index (χ1v) is 16.1. The van der Waals surface area contributed by atoms with E-state index >= 15 is 0 Å². The molecule has 0 radical (unpaired) electrons. The molecule has 2 nitrogen and oxygen atoms in total. The molecule has 0 amide bonds. The summed E-state index contributed by atoms with van der Waals surface area (Å²) in [5.41, 5.74) is 1.87. The monoisotopic (exact) mass is 566 g/mol. The summed E-state index contributed by atoms with van der Waals surface area (Å²) in [6.45, 7) is 3.45. The summed E-state index contributed by atoms with van der Waals surface area (Å²) in [5, 5.41) is 0. The minimum absolute atomic E-state index is 0.0760. The lowest BCUT2D eigenvalue weighted by Crippen LogP contribution is -2.35. The van der Waals surface area contributed by atoms with Crippen molar-refractivity contribution < 1.29 is 27.0 Å². The van der Waals surface area contributed by atoms with Crippen molar-refractivity contribution in [1.82, 2.24) is 0 Å². The molecular formula is C34H50F4O2. The number of rotatable bonds is 13. The molecule has 0 saturated heterocycles. The van der Waals surface area contributed by atoms with Crippen molar-refractivity contribution in [3.8, 4) is 5.75 Å². The second-order valence-electron chi connectivity index (χ2n) is 12.7. The number of benzene rings is 1. The van der Waals surface area contributed by atoms with Gasteiger partial charge in [-0.25, -0.2) is 4.39 Å².